The minimum Gasteiger partial charge on any atom is -0.335 e. The van der Waals surface area contributed by atoms with Gasteiger partial charge in [0.05, 0.1) is 11.3 Å². The summed E-state index contributed by atoms with van der Waals surface area (Å²) in [5.41, 5.74) is 6.32. The Morgan fingerprint density at radius 1 is 0.722 bits per heavy atom. The maximum absolute atomic E-state index is 13.7. The molecule has 0 radical (unpaired) electrons. The zero-order valence-electron chi connectivity index (χ0n) is 20.4. The molecular formula is C30H28ClN3O2. The number of aryl methyl sites for hydroxylation is 1. The van der Waals surface area contributed by atoms with Crippen molar-refractivity contribution in [1.29, 1.82) is 0 Å². The average Bonchev–Trinajstić information content (AvgIpc) is 3.25. The lowest BCUT2D eigenvalue weighted by molar-refractivity contribution is 0.0535. The predicted octanol–water partition coefficient (Wildman–Crippen LogP) is 6.01. The quantitative estimate of drug-likeness (QED) is 0.346. The van der Waals surface area contributed by atoms with Crippen molar-refractivity contribution in [1.82, 2.24) is 14.4 Å². The molecule has 1 aliphatic rings. The number of hydrogen-bond acceptors (Lipinski definition) is 2. The molecule has 0 unspecified atom stereocenters. The van der Waals surface area contributed by atoms with E-state index in [-0.39, 0.29) is 11.8 Å². The number of rotatable bonds is 4. The summed E-state index contributed by atoms with van der Waals surface area (Å²) in [7, 11) is 0. The van der Waals surface area contributed by atoms with Gasteiger partial charge >= 0.3 is 0 Å². The topological polar surface area (TPSA) is 45.6 Å². The molecule has 0 N–H and O–H groups in total. The lowest BCUT2D eigenvalue weighted by Gasteiger charge is -2.34. The van der Waals surface area contributed by atoms with Crippen molar-refractivity contribution in [3.63, 3.8) is 0 Å². The highest BCUT2D eigenvalue weighted by Crippen LogP contribution is 2.31. The fraction of sp³-hybridized carbons (Fsp3) is 0.200. The van der Waals surface area contributed by atoms with Crippen molar-refractivity contribution in [2.24, 2.45) is 0 Å². The lowest BCUT2D eigenvalue weighted by atomic mass is 10.1. The summed E-state index contributed by atoms with van der Waals surface area (Å²) in [6, 6.07) is 27.2. The van der Waals surface area contributed by atoms with Gasteiger partial charge in [-0.3, -0.25) is 9.59 Å². The molecule has 3 aromatic carbocycles. The summed E-state index contributed by atoms with van der Waals surface area (Å²) in [5, 5.41) is 0.670. The van der Waals surface area contributed by atoms with E-state index in [4.69, 9.17) is 11.6 Å². The summed E-state index contributed by atoms with van der Waals surface area (Å²) in [6.45, 7) is 6.09. The molecule has 2 amide bonds. The SMILES string of the molecule is Cc1cccc(-n2c(-c3ccc(Cl)cc3)cc(C(=O)N3CCN(C(=O)c4ccccc4)CC3)c2C)c1. The van der Waals surface area contributed by atoms with Crippen molar-refractivity contribution in [2.45, 2.75) is 13.8 Å². The van der Waals surface area contributed by atoms with Gasteiger partial charge in [-0.1, -0.05) is 54.1 Å². The minimum absolute atomic E-state index is 0.00880. The fourth-order valence-electron chi connectivity index (χ4n) is 4.80. The van der Waals surface area contributed by atoms with Gasteiger partial charge in [-0.2, -0.15) is 0 Å². The monoisotopic (exact) mass is 497 g/mol. The summed E-state index contributed by atoms with van der Waals surface area (Å²) >= 11 is 6.14. The third kappa shape index (κ3) is 4.67. The second-order valence-electron chi connectivity index (χ2n) is 9.16. The van der Waals surface area contributed by atoms with Crippen LogP contribution in [0.4, 0.5) is 0 Å². The van der Waals surface area contributed by atoms with E-state index >= 15 is 0 Å². The van der Waals surface area contributed by atoms with Crippen LogP contribution in [0.1, 0.15) is 32.0 Å². The maximum atomic E-state index is 13.7. The molecule has 36 heavy (non-hydrogen) atoms. The Labute approximate surface area is 216 Å². The highest BCUT2D eigenvalue weighted by molar-refractivity contribution is 6.30. The van der Waals surface area contributed by atoms with Gasteiger partial charge in [0.1, 0.15) is 0 Å². The van der Waals surface area contributed by atoms with Gasteiger partial charge in [0, 0.05) is 48.1 Å². The van der Waals surface area contributed by atoms with Crippen LogP contribution in [-0.4, -0.2) is 52.4 Å². The number of halogens is 1. The smallest absolute Gasteiger partial charge is 0.255 e. The Hall–Kier alpha value is -3.83. The molecule has 0 atom stereocenters. The Bertz CT molecular complexity index is 1400. The highest BCUT2D eigenvalue weighted by atomic mass is 35.5. The van der Waals surface area contributed by atoms with Crippen molar-refractivity contribution in [2.75, 3.05) is 26.2 Å². The third-order valence-electron chi connectivity index (χ3n) is 6.75. The number of carbonyl (C=O) groups is 2. The van der Waals surface area contributed by atoms with Gasteiger partial charge in [-0.05, 0) is 67.4 Å². The van der Waals surface area contributed by atoms with Crippen LogP contribution >= 0.6 is 11.6 Å². The molecule has 4 aromatic rings. The molecule has 6 heteroatoms. The molecule has 1 fully saturated rings. The van der Waals surface area contributed by atoms with E-state index in [0.29, 0.717) is 42.3 Å². The number of carbonyl (C=O) groups excluding carboxylic acids is 2. The van der Waals surface area contributed by atoms with Crippen molar-refractivity contribution >= 4 is 23.4 Å². The molecule has 0 bridgehead atoms. The summed E-state index contributed by atoms with van der Waals surface area (Å²) in [5.74, 6) is -0.00423. The van der Waals surface area contributed by atoms with Crippen molar-refractivity contribution < 1.29 is 9.59 Å². The normalized spacial score (nSPS) is 13.6. The largest absolute Gasteiger partial charge is 0.335 e. The van der Waals surface area contributed by atoms with E-state index in [9.17, 15) is 9.59 Å². The Kier molecular flexibility index (Phi) is 6.66. The van der Waals surface area contributed by atoms with Crippen LogP contribution in [0.25, 0.3) is 16.9 Å². The Balaban J connectivity index is 1.43. The molecule has 1 aliphatic heterocycles. The average molecular weight is 498 g/mol. The van der Waals surface area contributed by atoms with Crippen LogP contribution in [0.3, 0.4) is 0 Å². The van der Waals surface area contributed by atoms with Crippen LogP contribution in [0.2, 0.25) is 5.02 Å². The second-order valence-corrected chi connectivity index (χ2v) is 9.60. The number of benzene rings is 3. The first-order valence-corrected chi connectivity index (χ1v) is 12.5. The summed E-state index contributed by atoms with van der Waals surface area (Å²) in [6.07, 6.45) is 0. The van der Waals surface area contributed by atoms with E-state index in [0.717, 1.165) is 28.2 Å². The molecule has 1 aromatic heterocycles. The van der Waals surface area contributed by atoms with E-state index in [2.05, 4.69) is 29.7 Å². The number of nitrogens with zero attached hydrogens (tertiary/aromatic N) is 3. The third-order valence-corrected chi connectivity index (χ3v) is 7.00. The van der Waals surface area contributed by atoms with Gasteiger partial charge in [-0.15, -0.1) is 0 Å². The van der Waals surface area contributed by atoms with Crippen LogP contribution in [0.15, 0.2) is 84.9 Å². The van der Waals surface area contributed by atoms with Gasteiger partial charge in [0.2, 0.25) is 0 Å². The van der Waals surface area contributed by atoms with Gasteiger partial charge in [-0.25, -0.2) is 0 Å². The van der Waals surface area contributed by atoms with Crippen LogP contribution in [0, 0.1) is 13.8 Å². The number of aromatic nitrogens is 1. The Morgan fingerprint density at radius 2 is 1.36 bits per heavy atom. The van der Waals surface area contributed by atoms with Gasteiger partial charge < -0.3 is 14.4 Å². The predicted molar refractivity (Wildman–Crippen MR) is 144 cm³/mol. The lowest BCUT2D eigenvalue weighted by Crippen LogP contribution is -2.50. The molecule has 1 saturated heterocycles. The second kappa shape index (κ2) is 10.0. The zero-order valence-corrected chi connectivity index (χ0v) is 21.2. The van der Waals surface area contributed by atoms with Crippen molar-refractivity contribution in [3.8, 4) is 16.9 Å². The standard InChI is InChI=1S/C30H28ClN3O2/c1-21-7-6-10-26(19-21)34-22(2)27(20-28(34)23-11-13-25(31)14-12-23)30(36)33-17-15-32(16-18-33)29(35)24-8-4-3-5-9-24/h3-14,19-20H,15-18H2,1-2H3. The molecule has 0 aliphatic carbocycles. The minimum atomic E-state index is -0.0130. The highest BCUT2D eigenvalue weighted by Gasteiger charge is 2.28. The number of amides is 2. The van der Waals surface area contributed by atoms with Crippen molar-refractivity contribution in [3.05, 3.63) is 112 Å². The summed E-state index contributed by atoms with van der Waals surface area (Å²) < 4.78 is 2.14. The number of hydrogen-bond donors (Lipinski definition) is 0. The van der Waals surface area contributed by atoms with Crippen LogP contribution in [-0.2, 0) is 0 Å². The van der Waals surface area contributed by atoms with E-state index in [1.807, 2.05) is 83.5 Å². The number of piperazine rings is 1. The summed E-state index contributed by atoms with van der Waals surface area (Å²) in [4.78, 5) is 30.2. The first-order chi connectivity index (χ1) is 17.4. The molecule has 5 rings (SSSR count). The van der Waals surface area contributed by atoms with E-state index < -0.39 is 0 Å². The van der Waals surface area contributed by atoms with Gasteiger partial charge in [0.15, 0.2) is 0 Å². The van der Waals surface area contributed by atoms with E-state index in [1.54, 1.807) is 0 Å². The molecule has 5 nitrogen and oxygen atoms in total. The first kappa shape index (κ1) is 23.9. The molecule has 182 valence electrons. The Morgan fingerprint density at radius 3 is 2.00 bits per heavy atom. The van der Waals surface area contributed by atoms with Gasteiger partial charge in [0.25, 0.3) is 11.8 Å². The zero-order chi connectivity index (χ0) is 25.2. The first-order valence-electron chi connectivity index (χ1n) is 12.1. The fourth-order valence-corrected chi connectivity index (χ4v) is 4.93. The molecular weight excluding hydrogens is 470 g/mol. The van der Waals surface area contributed by atoms with E-state index in [1.165, 1.54) is 0 Å². The van der Waals surface area contributed by atoms with Crippen LogP contribution in [0.5, 0.6) is 0 Å². The van der Waals surface area contributed by atoms with Crippen LogP contribution < -0.4 is 0 Å². The molecule has 2 heterocycles. The molecule has 0 spiro atoms. The maximum Gasteiger partial charge on any atom is 0.255 e. The molecule has 0 saturated carbocycles.